The Labute approximate surface area is 142 Å². The molecule has 4 rings (SSSR count). The van der Waals surface area contributed by atoms with E-state index in [1.807, 2.05) is 0 Å². The lowest BCUT2D eigenvalue weighted by molar-refractivity contribution is 0.0888. The quantitative estimate of drug-likeness (QED) is 0.729. The number of benzene rings is 1. The fraction of sp³-hybridized carbons (Fsp3) is 0.333. The van der Waals surface area contributed by atoms with Gasteiger partial charge in [-0.15, -0.1) is 0 Å². The van der Waals surface area contributed by atoms with Gasteiger partial charge in [0.2, 0.25) is 0 Å². The number of hydrogen-bond donors (Lipinski definition) is 0. The van der Waals surface area contributed by atoms with Crippen molar-refractivity contribution in [1.82, 2.24) is 14.1 Å². The third kappa shape index (κ3) is 1.83. The first-order chi connectivity index (χ1) is 14.2. The minimum atomic E-state index is -2.99. The van der Waals surface area contributed by atoms with Gasteiger partial charge < -0.3 is 9.13 Å². The highest BCUT2D eigenvalue weighted by Gasteiger charge is 2.32. The Morgan fingerprint density at radius 1 is 1.50 bits per heavy atom. The van der Waals surface area contributed by atoms with Crippen molar-refractivity contribution in [3.63, 3.8) is 0 Å². The lowest BCUT2D eigenvalue weighted by Crippen LogP contribution is -2.27. The smallest absolute Gasteiger partial charge is 0.170 e. The predicted octanol–water partition coefficient (Wildman–Crippen LogP) is 3.13. The van der Waals surface area contributed by atoms with Crippen molar-refractivity contribution in [2.75, 3.05) is 0 Å². The zero-order chi connectivity index (χ0) is 23.3. The van der Waals surface area contributed by atoms with Crippen LogP contribution in [0.2, 0.25) is 0 Å². The molecular formula is C18H19N3O. The zero-order valence-electron chi connectivity index (χ0n) is 21.1. The number of aromatic nitrogens is 3. The Morgan fingerprint density at radius 2 is 2.32 bits per heavy atom. The van der Waals surface area contributed by atoms with Crippen molar-refractivity contribution in [2.24, 2.45) is 12.9 Å². The summed E-state index contributed by atoms with van der Waals surface area (Å²) < 4.78 is 78.2. The molecule has 4 heteroatoms. The molecular weight excluding hydrogens is 274 g/mol. The van der Waals surface area contributed by atoms with Gasteiger partial charge in [0.15, 0.2) is 5.78 Å². The summed E-state index contributed by atoms with van der Waals surface area (Å²) in [5, 5.41) is -0.202. The standard InChI is InChI=1S/C18H19N3O/c1-12-19-9-10-21(12)11-13-7-8-16-17(18(13)22)14-5-3-4-6-15(14)20(16)2/h3-6,9-10,13H,7-8,11H2,1-2H3/i3D,4D,5D,6D,7D2,8D2,13D. The molecule has 4 nitrogen and oxygen atoms in total. The van der Waals surface area contributed by atoms with E-state index in [4.69, 9.17) is 12.3 Å². The van der Waals surface area contributed by atoms with Crippen molar-refractivity contribution in [1.29, 1.82) is 0 Å². The van der Waals surface area contributed by atoms with Crippen LogP contribution < -0.4 is 0 Å². The molecule has 0 radical (unpaired) electrons. The fourth-order valence-electron chi connectivity index (χ4n) is 2.70. The third-order valence-corrected chi connectivity index (χ3v) is 3.91. The van der Waals surface area contributed by atoms with Crippen molar-refractivity contribution in [2.45, 2.75) is 26.2 Å². The largest absolute Gasteiger partial charge is 0.347 e. The second-order valence-corrected chi connectivity index (χ2v) is 5.17. The maximum Gasteiger partial charge on any atom is 0.170 e. The SMILES string of the molecule is [2H]c1c([2H])c([2H])c2c(c1[2H])c1c(n2C)C([2H])([2H])C([2H])([2H])C([2H])(Cn2ccnc2C)C1=O. The lowest BCUT2D eigenvalue weighted by atomic mass is 9.85. The van der Waals surface area contributed by atoms with E-state index in [-0.39, 0.29) is 16.5 Å². The summed E-state index contributed by atoms with van der Waals surface area (Å²) in [5.41, 5.74) is -0.876. The minimum absolute atomic E-state index is 0.105. The van der Waals surface area contributed by atoms with Gasteiger partial charge in [0.25, 0.3) is 0 Å². The van der Waals surface area contributed by atoms with E-state index in [0.29, 0.717) is 5.82 Å². The van der Waals surface area contributed by atoms with Crippen molar-refractivity contribution >= 4 is 16.7 Å². The molecule has 0 bridgehead atoms. The van der Waals surface area contributed by atoms with Crippen LogP contribution in [0, 0.1) is 12.8 Å². The summed E-state index contributed by atoms with van der Waals surface area (Å²) in [5.74, 6) is -3.23. The molecule has 0 saturated heterocycles. The first-order valence-electron chi connectivity index (χ1n) is 11.3. The topological polar surface area (TPSA) is 39.8 Å². The highest BCUT2D eigenvalue weighted by Crippen LogP contribution is 2.34. The summed E-state index contributed by atoms with van der Waals surface area (Å²) in [6.45, 7) is 1.10. The predicted molar refractivity (Wildman–Crippen MR) is 86.0 cm³/mol. The molecule has 1 aliphatic carbocycles. The van der Waals surface area contributed by atoms with Crippen LogP contribution >= 0.6 is 0 Å². The van der Waals surface area contributed by atoms with Gasteiger partial charge in [-0.3, -0.25) is 4.79 Å². The van der Waals surface area contributed by atoms with E-state index in [9.17, 15) is 4.79 Å². The first-order valence-corrected chi connectivity index (χ1v) is 6.82. The van der Waals surface area contributed by atoms with Crippen LogP contribution in [-0.4, -0.2) is 19.9 Å². The molecule has 0 saturated carbocycles. The van der Waals surface area contributed by atoms with Crippen molar-refractivity contribution in [3.8, 4) is 0 Å². The molecule has 0 aliphatic heterocycles. The van der Waals surface area contributed by atoms with Crippen LogP contribution in [0.15, 0.2) is 36.6 Å². The molecule has 0 fully saturated rings. The van der Waals surface area contributed by atoms with Gasteiger partial charge in [0.1, 0.15) is 5.82 Å². The minimum Gasteiger partial charge on any atom is -0.347 e. The molecule has 0 spiro atoms. The van der Waals surface area contributed by atoms with Gasteiger partial charge in [-0.2, -0.15) is 0 Å². The Hall–Kier alpha value is -2.36. The molecule has 0 N–H and O–H groups in total. The number of aryl methyl sites for hydroxylation is 2. The Bertz CT molecular complexity index is 1280. The van der Waals surface area contributed by atoms with E-state index < -0.39 is 60.8 Å². The van der Waals surface area contributed by atoms with E-state index in [0.717, 1.165) is 4.57 Å². The van der Waals surface area contributed by atoms with E-state index >= 15 is 0 Å². The molecule has 1 unspecified atom stereocenters. The van der Waals surface area contributed by atoms with Gasteiger partial charge in [0, 0.05) is 60.9 Å². The number of fused-ring (bicyclic) bond motifs is 3. The first kappa shape index (κ1) is 6.82. The van der Waals surface area contributed by atoms with Crippen molar-refractivity contribution in [3.05, 3.63) is 53.6 Å². The zero-order valence-corrected chi connectivity index (χ0v) is 12.1. The number of nitrogens with zero attached hydrogens (tertiary/aromatic N) is 3. The Morgan fingerprint density at radius 3 is 3.09 bits per heavy atom. The Kier molecular flexibility index (Phi) is 1.50. The number of Topliss-reactive ketones (excluding diaryl/α,β-unsaturated/α-hetero) is 1. The third-order valence-electron chi connectivity index (χ3n) is 3.91. The van der Waals surface area contributed by atoms with Crippen LogP contribution in [-0.2, 0) is 20.0 Å². The second-order valence-electron chi connectivity index (χ2n) is 5.17. The lowest BCUT2D eigenvalue weighted by Gasteiger charge is -2.23. The molecule has 2 heterocycles. The number of hydrogen-bond acceptors (Lipinski definition) is 2. The molecule has 22 heavy (non-hydrogen) atoms. The van der Waals surface area contributed by atoms with Crippen LogP contribution in [0.25, 0.3) is 10.9 Å². The number of ketones is 1. The van der Waals surface area contributed by atoms with Crippen LogP contribution in [0.5, 0.6) is 0 Å². The van der Waals surface area contributed by atoms with Gasteiger partial charge in [-0.25, -0.2) is 4.98 Å². The fourth-order valence-corrected chi connectivity index (χ4v) is 2.70. The average Bonchev–Trinajstić information content (AvgIpc) is 3.23. The number of para-hydroxylation sites is 1. The summed E-state index contributed by atoms with van der Waals surface area (Å²) in [6.07, 6.45) is -2.93. The molecule has 3 aromatic rings. The van der Waals surface area contributed by atoms with Gasteiger partial charge in [-0.05, 0) is 25.7 Å². The van der Waals surface area contributed by atoms with Gasteiger partial charge in [0.05, 0.1) is 5.48 Å². The summed E-state index contributed by atoms with van der Waals surface area (Å²) in [7, 11) is 1.33. The summed E-state index contributed by atoms with van der Waals surface area (Å²) >= 11 is 0. The maximum absolute atomic E-state index is 13.7. The average molecular weight is 302 g/mol. The molecule has 1 atom stereocenters. The van der Waals surface area contributed by atoms with Crippen molar-refractivity contribution < 1.29 is 17.1 Å². The van der Waals surface area contributed by atoms with Crippen LogP contribution in [0.1, 0.15) is 40.6 Å². The van der Waals surface area contributed by atoms with E-state index in [1.54, 1.807) is 6.92 Å². The molecule has 112 valence electrons. The molecule has 0 amide bonds. The maximum atomic E-state index is 13.7. The highest BCUT2D eigenvalue weighted by atomic mass is 16.1. The summed E-state index contributed by atoms with van der Waals surface area (Å²) in [6, 6.07) is -2.12. The number of carbonyl (C=O) groups excluding carboxylic acids is 1. The molecule has 2 aromatic heterocycles. The van der Waals surface area contributed by atoms with E-state index in [1.165, 1.54) is 24.0 Å². The number of rotatable bonds is 2. The van der Waals surface area contributed by atoms with Crippen LogP contribution in [0.3, 0.4) is 0 Å². The Balaban J connectivity index is 2.14. The second kappa shape index (κ2) is 4.83. The number of carbonyl (C=O) groups is 1. The molecule has 1 aliphatic rings. The normalized spacial score (nSPS) is 31.7. The highest BCUT2D eigenvalue weighted by molar-refractivity contribution is 6.11. The van der Waals surface area contributed by atoms with Gasteiger partial charge in [-0.1, -0.05) is 18.1 Å². The summed E-state index contributed by atoms with van der Waals surface area (Å²) in [4.78, 5) is 17.7. The van der Waals surface area contributed by atoms with E-state index in [2.05, 4.69) is 4.98 Å². The van der Waals surface area contributed by atoms with Crippen LogP contribution in [0.4, 0.5) is 0 Å². The van der Waals surface area contributed by atoms with Gasteiger partial charge >= 0.3 is 0 Å². The monoisotopic (exact) mass is 302 g/mol. The molecule has 1 aromatic carbocycles. The number of imidazole rings is 1.